The standard InChI is InChI=1S/C28H30N2O4/c29-17-9-8-16-26(27(31)33-18-20-10-2-1-3-11-20)30-28(32)34-19-25-23-14-6-4-12-21(23)22-13-5-7-15-24(22)25/h1-7,10-15,25-26H,8-9,16-19,29H2,(H,30,32)/t26-/m0/s1. The quantitative estimate of drug-likeness (QED) is 0.337. The lowest BCUT2D eigenvalue weighted by Crippen LogP contribution is -2.42. The summed E-state index contributed by atoms with van der Waals surface area (Å²) in [5.74, 6) is -0.520. The van der Waals surface area contributed by atoms with Crippen molar-refractivity contribution in [2.75, 3.05) is 13.2 Å². The smallest absolute Gasteiger partial charge is 0.407 e. The van der Waals surface area contributed by atoms with Gasteiger partial charge in [0.2, 0.25) is 0 Å². The highest BCUT2D eigenvalue weighted by molar-refractivity contribution is 5.82. The molecule has 1 atom stereocenters. The van der Waals surface area contributed by atoms with Crippen LogP contribution < -0.4 is 11.1 Å². The van der Waals surface area contributed by atoms with Crippen molar-refractivity contribution in [2.24, 2.45) is 5.73 Å². The Morgan fingerprint density at radius 1 is 0.824 bits per heavy atom. The van der Waals surface area contributed by atoms with E-state index in [1.54, 1.807) is 0 Å². The number of hydrogen-bond acceptors (Lipinski definition) is 5. The van der Waals surface area contributed by atoms with Gasteiger partial charge in [-0.1, -0.05) is 78.9 Å². The molecule has 0 heterocycles. The van der Waals surface area contributed by atoms with Crippen molar-refractivity contribution in [3.05, 3.63) is 95.6 Å². The maximum absolute atomic E-state index is 12.7. The molecule has 4 rings (SSSR count). The molecule has 0 spiro atoms. The Labute approximate surface area is 200 Å². The van der Waals surface area contributed by atoms with Gasteiger partial charge in [0.15, 0.2) is 0 Å². The Hall–Kier alpha value is -3.64. The van der Waals surface area contributed by atoms with Crippen LogP contribution in [-0.4, -0.2) is 31.3 Å². The monoisotopic (exact) mass is 458 g/mol. The highest BCUT2D eigenvalue weighted by Crippen LogP contribution is 2.44. The largest absolute Gasteiger partial charge is 0.459 e. The highest BCUT2D eigenvalue weighted by atomic mass is 16.6. The van der Waals surface area contributed by atoms with Gasteiger partial charge in [-0.2, -0.15) is 0 Å². The van der Waals surface area contributed by atoms with E-state index < -0.39 is 18.1 Å². The second-order valence-corrected chi connectivity index (χ2v) is 8.40. The van der Waals surface area contributed by atoms with Gasteiger partial charge in [-0.15, -0.1) is 0 Å². The fourth-order valence-corrected chi connectivity index (χ4v) is 4.35. The number of benzene rings is 3. The molecule has 3 aromatic rings. The number of unbranched alkanes of at least 4 members (excludes halogenated alkanes) is 1. The van der Waals surface area contributed by atoms with E-state index in [2.05, 4.69) is 29.6 Å². The minimum Gasteiger partial charge on any atom is -0.459 e. The second-order valence-electron chi connectivity index (χ2n) is 8.40. The third-order valence-corrected chi connectivity index (χ3v) is 6.09. The Balaban J connectivity index is 1.37. The van der Waals surface area contributed by atoms with Crippen molar-refractivity contribution in [1.29, 1.82) is 0 Å². The molecule has 0 radical (unpaired) electrons. The Kier molecular flexibility index (Phi) is 7.94. The predicted octanol–water partition coefficient (Wildman–Crippen LogP) is 4.77. The van der Waals surface area contributed by atoms with Crippen LogP contribution in [0.4, 0.5) is 4.79 Å². The van der Waals surface area contributed by atoms with Gasteiger partial charge in [0.05, 0.1) is 0 Å². The van der Waals surface area contributed by atoms with E-state index in [0.29, 0.717) is 19.4 Å². The van der Waals surface area contributed by atoms with Crippen LogP contribution in [0.5, 0.6) is 0 Å². The zero-order chi connectivity index (χ0) is 23.8. The number of nitrogens with one attached hydrogen (secondary N) is 1. The molecule has 6 heteroatoms. The average Bonchev–Trinajstić information content (AvgIpc) is 3.20. The molecule has 3 N–H and O–H groups in total. The molecule has 1 amide bonds. The molecule has 6 nitrogen and oxygen atoms in total. The van der Waals surface area contributed by atoms with E-state index in [1.807, 2.05) is 54.6 Å². The van der Waals surface area contributed by atoms with Gasteiger partial charge >= 0.3 is 12.1 Å². The average molecular weight is 459 g/mol. The molecular formula is C28H30N2O4. The molecule has 0 unspecified atom stereocenters. The molecule has 0 aromatic heterocycles. The van der Waals surface area contributed by atoms with Crippen molar-refractivity contribution < 1.29 is 19.1 Å². The van der Waals surface area contributed by atoms with Crippen molar-refractivity contribution >= 4 is 12.1 Å². The van der Waals surface area contributed by atoms with Crippen LogP contribution in [0.2, 0.25) is 0 Å². The fraction of sp³-hybridized carbons (Fsp3) is 0.286. The van der Waals surface area contributed by atoms with E-state index in [-0.39, 0.29) is 19.1 Å². The number of esters is 1. The molecule has 0 saturated heterocycles. The molecule has 1 aliphatic carbocycles. The number of ether oxygens (including phenoxy) is 2. The minimum absolute atomic E-state index is 0.0427. The molecule has 0 bridgehead atoms. The minimum atomic E-state index is -0.786. The highest BCUT2D eigenvalue weighted by Gasteiger charge is 2.30. The van der Waals surface area contributed by atoms with E-state index in [4.69, 9.17) is 15.2 Å². The molecular weight excluding hydrogens is 428 g/mol. The van der Waals surface area contributed by atoms with Crippen molar-refractivity contribution in [1.82, 2.24) is 5.32 Å². The summed E-state index contributed by atoms with van der Waals surface area (Å²) >= 11 is 0. The van der Waals surface area contributed by atoms with Crippen LogP contribution in [0.3, 0.4) is 0 Å². The number of amides is 1. The first-order valence-electron chi connectivity index (χ1n) is 11.7. The number of carbonyl (C=O) groups is 2. The van der Waals surface area contributed by atoms with E-state index in [9.17, 15) is 9.59 Å². The van der Waals surface area contributed by atoms with Crippen molar-refractivity contribution in [3.63, 3.8) is 0 Å². The Bertz CT molecular complexity index is 1070. The normalized spacial score (nSPS) is 13.0. The third kappa shape index (κ3) is 5.64. The van der Waals surface area contributed by atoms with Crippen LogP contribution >= 0.6 is 0 Å². The summed E-state index contributed by atoms with van der Waals surface area (Å²) in [5.41, 5.74) is 11.1. The van der Waals surface area contributed by atoms with Gasteiger partial charge in [-0.25, -0.2) is 9.59 Å². The molecule has 176 valence electrons. The Morgan fingerprint density at radius 2 is 1.44 bits per heavy atom. The zero-order valence-corrected chi connectivity index (χ0v) is 19.1. The van der Waals surface area contributed by atoms with Crippen LogP contribution in [0.25, 0.3) is 11.1 Å². The molecule has 34 heavy (non-hydrogen) atoms. The fourth-order valence-electron chi connectivity index (χ4n) is 4.35. The number of rotatable bonds is 10. The molecule has 1 aliphatic rings. The van der Waals surface area contributed by atoms with Crippen LogP contribution in [0, 0.1) is 0 Å². The number of fused-ring (bicyclic) bond motifs is 3. The Morgan fingerprint density at radius 3 is 2.09 bits per heavy atom. The molecule has 3 aromatic carbocycles. The van der Waals surface area contributed by atoms with Gasteiger partial charge < -0.3 is 20.5 Å². The summed E-state index contributed by atoms with van der Waals surface area (Å²) in [5, 5.41) is 2.71. The summed E-state index contributed by atoms with van der Waals surface area (Å²) in [7, 11) is 0. The number of nitrogens with two attached hydrogens (primary N) is 1. The van der Waals surface area contributed by atoms with Crippen LogP contribution in [0.15, 0.2) is 78.9 Å². The lowest BCUT2D eigenvalue weighted by Gasteiger charge is -2.19. The van der Waals surface area contributed by atoms with Gasteiger partial charge in [0.1, 0.15) is 19.3 Å². The number of alkyl carbamates (subject to hydrolysis) is 1. The predicted molar refractivity (Wildman–Crippen MR) is 131 cm³/mol. The molecule has 0 fully saturated rings. The topological polar surface area (TPSA) is 90.6 Å². The lowest BCUT2D eigenvalue weighted by molar-refractivity contribution is -0.147. The van der Waals surface area contributed by atoms with Gasteiger partial charge in [-0.05, 0) is 53.6 Å². The number of carbonyl (C=O) groups excluding carboxylic acids is 2. The van der Waals surface area contributed by atoms with Crippen LogP contribution in [0.1, 0.15) is 41.9 Å². The SMILES string of the molecule is NCCCC[C@H](NC(=O)OCC1c2ccccc2-c2ccccc21)C(=O)OCc1ccccc1. The van der Waals surface area contributed by atoms with E-state index in [0.717, 1.165) is 34.2 Å². The van der Waals surface area contributed by atoms with Gasteiger partial charge in [-0.3, -0.25) is 0 Å². The van der Waals surface area contributed by atoms with Crippen LogP contribution in [-0.2, 0) is 20.9 Å². The van der Waals surface area contributed by atoms with E-state index >= 15 is 0 Å². The first-order chi connectivity index (χ1) is 16.7. The van der Waals surface area contributed by atoms with Crippen molar-refractivity contribution in [3.8, 4) is 11.1 Å². The summed E-state index contributed by atoms with van der Waals surface area (Å²) in [4.78, 5) is 25.4. The van der Waals surface area contributed by atoms with E-state index in [1.165, 1.54) is 0 Å². The first-order valence-corrected chi connectivity index (χ1v) is 11.7. The molecule has 0 saturated carbocycles. The summed E-state index contributed by atoms with van der Waals surface area (Å²) in [6.07, 6.45) is 1.27. The van der Waals surface area contributed by atoms with Gasteiger partial charge in [0, 0.05) is 5.92 Å². The van der Waals surface area contributed by atoms with Crippen molar-refractivity contribution in [2.45, 2.75) is 37.8 Å². The maximum Gasteiger partial charge on any atom is 0.407 e. The first kappa shape index (κ1) is 23.5. The second kappa shape index (κ2) is 11.5. The third-order valence-electron chi connectivity index (χ3n) is 6.09. The lowest BCUT2D eigenvalue weighted by atomic mass is 9.98. The number of hydrogen-bond donors (Lipinski definition) is 2. The summed E-state index contributed by atoms with van der Waals surface area (Å²) < 4.78 is 11.1. The maximum atomic E-state index is 12.7. The summed E-state index contributed by atoms with van der Waals surface area (Å²) in [6.45, 7) is 0.866. The zero-order valence-electron chi connectivity index (χ0n) is 19.1. The van der Waals surface area contributed by atoms with Gasteiger partial charge in [0.25, 0.3) is 0 Å². The molecule has 0 aliphatic heterocycles. The summed E-state index contributed by atoms with van der Waals surface area (Å²) in [6, 6.07) is 25.0.